The third-order valence-electron chi connectivity index (χ3n) is 4.61. The Morgan fingerprint density at radius 2 is 1.81 bits per heavy atom. The van der Waals surface area contributed by atoms with Crippen LogP contribution in [-0.4, -0.2) is 61.1 Å². The molecule has 0 atom stereocenters. The summed E-state index contributed by atoms with van der Waals surface area (Å²) in [5.74, 6) is 1.42. The number of carbonyl (C=O) groups excluding carboxylic acids is 1. The summed E-state index contributed by atoms with van der Waals surface area (Å²) >= 11 is 0. The fraction of sp³-hybridized carbons (Fsp3) is 0.333. The Hall–Kier alpha value is -2.86. The van der Waals surface area contributed by atoms with Crippen molar-refractivity contribution in [2.24, 2.45) is 0 Å². The summed E-state index contributed by atoms with van der Waals surface area (Å²) in [4.78, 5) is 20.9. The van der Waals surface area contributed by atoms with Crippen LogP contribution in [0.4, 0.5) is 0 Å². The molecule has 0 spiro atoms. The van der Waals surface area contributed by atoms with Crippen LogP contribution < -0.4 is 9.47 Å². The largest absolute Gasteiger partial charge is 0.497 e. The van der Waals surface area contributed by atoms with Crippen LogP contribution in [0, 0.1) is 0 Å². The molecular formula is C21H25N3O3. The average Bonchev–Trinajstić information content (AvgIpc) is 2.73. The zero-order valence-electron chi connectivity index (χ0n) is 15.8. The number of benzene rings is 1. The molecule has 0 radical (unpaired) electrons. The van der Waals surface area contributed by atoms with E-state index in [1.54, 1.807) is 38.6 Å². The predicted molar refractivity (Wildman–Crippen MR) is 105 cm³/mol. The van der Waals surface area contributed by atoms with Crippen molar-refractivity contribution in [3.8, 4) is 11.5 Å². The van der Waals surface area contributed by atoms with Gasteiger partial charge in [-0.1, -0.05) is 6.07 Å². The molecule has 1 aliphatic heterocycles. The summed E-state index contributed by atoms with van der Waals surface area (Å²) in [6.45, 7) is 4.05. The molecule has 2 heterocycles. The van der Waals surface area contributed by atoms with Crippen molar-refractivity contribution in [1.82, 2.24) is 14.8 Å². The molecule has 3 rings (SSSR count). The lowest BCUT2D eigenvalue weighted by molar-refractivity contribution is -0.127. The van der Waals surface area contributed by atoms with E-state index in [4.69, 9.17) is 9.47 Å². The molecule has 1 fully saturated rings. The molecule has 2 aromatic rings. The molecule has 0 unspecified atom stereocenters. The van der Waals surface area contributed by atoms with E-state index < -0.39 is 0 Å². The van der Waals surface area contributed by atoms with Crippen molar-refractivity contribution in [1.29, 1.82) is 0 Å². The topological polar surface area (TPSA) is 54.9 Å². The first-order chi connectivity index (χ1) is 13.2. The van der Waals surface area contributed by atoms with Crippen molar-refractivity contribution in [3.05, 3.63) is 59.9 Å². The van der Waals surface area contributed by atoms with Crippen LogP contribution in [0.25, 0.3) is 6.08 Å². The van der Waals surface area contributed by atoms with Crippen LogP contribution in [0.5, 0.6) is 11.5 Å². The van der Waals surface area contributed by atoms with Gasteiger partial charge in [0.1, 0.15) is 11.5 Å². The molecule has 1 amide bonds. The molecule has 0 N–H and O–H groups in total. The Balaban J connectivity index is 1.54. The highest BCUT2D eigenvalue weighted by atomic mass is 16.5. The van der Waals surface area contributed by atoms with Gasteiger partial charge in [0.15, 0.2) is 0 Å². The normalized spacial score (nSPS) is 15.1. The molecule has 1 aliphatic rings. The van der Waals surface area contributed by atoms with Crippen LogP contribution in [0.3, 0.4) is 0 Å². The highest BCUT2D eigenvalue weighted by Gasteiger charge is 2.19. The summed E-state index contributed by atoms with van der Waals surface area (Å²) in [7, 11) is 3.22. The molecule has 1 saturated heterocycles. The van der Waals surface area contributed by atoms with E-state index in [-0.39, 0.29) is 5.91 Å². The maximum absolute atomic E-state index is 12.5. The molecule has 27 heavy (non-hydrogen) atoms. The Labute approximate surface area is 160 Å². The summed E-state index contributed by atoms with van der Waals surface area (Å²) in [6.07, 6.45) is 7.09. The molecule has 0 aliphatic carbocycles. The third kappa shape index (κ3) is 5.31. The van der Waals surface area contributed by atoms with Gasteiger partial charge in [-0.05, 0) is 35.4 Å². The second-order valence-electron chi connectivity index (χ2n) is 6.44. The summed E-state index contributed by atoms with van der Waals surface area (Å²) in [6, 6.07) is 9.58. The number of amides is 1. The van der Waals surface area contributed by atoms with Gasteiger partial charge in [0.05, 0.1) is 14.2 Å². The lowest BCUT2D eigenvalue weighted by Gasteiger charge is -2.34. The zero-order valence-corrected chi connectivity index (χ0v) is 15.8. The van der Waals surface area contributed by atoms with Gasteiger partial charge in [0.2, 0.25) is 5.91 Å². The van der Waals surface area contributed by atoms with Gasteiger partial charge in [0.25, 0.3) is 0 Å². The first kappa shape index (κ1) is 18.9. The first-order valence-electron chi connectivity index (χ1n) is 8.99. The maximum atomic E-state index is 12.5. The number of hydrogen-bond donors (Lipinski definition) is 0. The number of piperazine rings is 1. The number of methoxy groups -OCH3 is 2. The van der Waals surface area contributed by atoms with Gasteiger partial charge in [-0.25, -0.2) is 0 Å². The van der Waals surface area contributed by atoms with Gasteiger partial charge in [-0.2, -0.15) is 0 Å². The fourth-order valence-corrected chi connectivity index (χ4v) is 3.07. The van der Waals surface area contributed by atoms with Gasteiger partial charge in [-0.3, -0.25) is 14.7 Å². The fourth-order valence-electron chi connectivity index (χ4n) is 3.07. The van der Waals surface area contributed by atoms with Gasteiger partial charge in [0, 0.05) is 57.3 Å². The first-order valence-corrected chi connectivity index (χ1v) is 8.99. The van der Waals surface area contributed by atoms with E-state index in [1.165, 1.54) is 5.56 Å². The Bertz CT molecular complexity index is 762. The van der Waals surface area contributed by atoms with Gasteiger partial charge < -0.3 is 14.4 Å². The van der Waals surface area contributed by atoms with Crippen LogP contribution in [0.15, 0.2) is 48.8 Å². The quantitative estimate of drug-likeness (QED) is 0.734. The van der Waals surface area contributed by atoms with E-state index in [2.05, 4.69) is 16.0 Å². The molecule has 6 nitrogen and oxygen atoms in total. The number of aromatic nitrogens is 1. The van der Waals surface area contributed by atoms with E-state index in [9.17, 15) is 4.79 Å². The second kappa shape index (κ2) is 9.19. The Morgan fingerprint density at radius 3 is 2.41 bits per heavy atom. The van der Waals surface area contributed by atoms with Crippen LogP contribution in [0.2, 0.25) is 0 Å². The Kier molecular flexibility index (Phi) is 6.44. The van der Waals surface area contributed by atoms with Crippen molar-refractivity contribution >= 4 is 12.0 Å². The summed E-state index contributed by atoms with van der Waals surface area (Å²) < 4.78 is 10.5. The zero-order chi connectivity index (χ0) is 19.1. The molecular weight excluding hydrogens is 342 g/mol. The van der Waals surface area contributed by atoms with Crippen LogP contribution in [0.1, 0.15) is 11.1 Å². The summed E-state index contributed by atoms with van der Waals surface area (Å²) in [5.41, 5.74) is 2.07. The monoisotopic (exact) mass is 367 g/mol. The number of pyridine rings is 1. The third-order valence-corrected chi connectivity index (χ3v) is 4.61. The molecule has 6 heteroatoms. The summed E-state index contributed by atoms with van der Waals surface area (Å²) in [5, 5.41) is 0. The van der Waals surface area contributed by atoms with Crippen LogP contribution in [-0.2, 0) is 11.3 Å². The highest BCUT2D eigenvalue weighted by Crippen LogP contribution is 2.23. The molecule has 142 valence electrons. The maximum Gasteiger partial charge on any atom is 0.246 e. The lowest BCUT2D eigenvalue weighted by Crippen LogP contribution is -2.47. The van der Waals surface area contributed by atoms with Crippen molar-refractivity contribution < 1.29 is 14.3 Å². The number of hydrogen-bond acceptors (Lipinski definition) is 5. The average molecular weight is 367 g/mol. The Morgan fingerprint density at radius 1 is 1.11 bits per heavy atom. The number of nitrogens with zero attached hydrogens (tertiary/aromatic N) is 3. The van der Waals surface area contributed by atoms with E-state index in [0.717, 1.165) is 38.3 Å². The lowest BCUT2D eigenvalue weighted by atomic mass is 10.1. The number of rotatable bonds is 6. The molecule has 1 aromatic carbocycles. The van der Waals surface area contributed by atoms with E-state index in [1.807, 2.05) is 29.3 Å². The molecule has 0 bridgehead atoms. The van der Waals surface area contributed by atoms with Crippen molar-refractivity contribution in [2.75, 3.05) is 40.4 Å². The minimum absolute atomic E-state index is 0.0258. The SMILES string of the molecule is COc1cc(/C=C/C(=O)N2CCN(Cc3cccnc3)CC2)cc(OC)c1. The predicted octanol–water partition coefficient (Wildman–Crippen LogP) is 2.46. The number of carbonyl (C=O) groups is 1. The van der Waals surface area contributed by atoms with E-state index in [0.29, 0.717) is 11.5 Å². The number of ether oxygens (including phenoxy) is 2. The van der Waals surface area contributed by atoms with Crippen molar-refractivity contribution in [2.45, 2.75) is 6.54 Å². The minimum atomic E-state index is 0.0258. The highest BCUT2D eigenvalue weighted by molar-refractivity contribution is 5.92. The van der Waals surface area contributed by atoms with E-state index >= 15 is 0 Å². The van der Waals surface area contributed by atoms with Gasteiger partial charge in [-0.15, -0.1) is 0 Å². The van der Waals surface area contributed by atoms with Gasteiger partial charge >= 0.3 is 0 Å². The molecule has 0 saturated carbocycles. The molecule has 1 aromatic heterocycles. The smallest absolute Gasteiger partial charge is 0.246 e. The second-order valence-corrected chi connectivity index (χ2v) is 6.44. The standard InChI is InChI=1S/C21H25N3O3/c1-26-19-12-17(13-20(14-19)27-2)5-6-21(25)24-10-8-23(9-11-24)16-18-4-3-7-22-15-18/h3-7,12-15H,8-11,16H2,1-2H3/b6-5+. The van der Waals surface area contributed by atoms with Crippen molar-refractivity contribution in [3.63, 3.8) is 0 Å². The minimum Gasteiger partial charge on any atom is -0.497 e. The van der Waals surface area contributed by atoms with Crippen LogP contribution >= 0.6 is 0 Å².